The number of nitrogens with zero attached hydrogens (tertiary/aromatic N) is 1. The van der Waals surface area contributed by atoms with Crippen molar-refractivity contribution >= 4 is 23.2 Å². The van der Waals surface area contributed by atoms with Crippen molar-refractivity contribution in [2.45, 2.75) is 38.5 Å². The molecule has 0 saturated carbocycles. The fraction of sp³-hybridized carbons (Fsp3) is 0.556. The average Bonchev–Trinajstić information content (AvgIpc) is 3.00. The monoisotopic (exact) mass is 333 g/mol. The first-order valence-corrected chi connectivity index (χ1v) is 8.74. The Hall–Kier alpha value is -1.95. The minimum absolute atomic E-state index is 0.0485. The molecule has 0 spiro atoms. The summed E-state index contributed by atoms with van der Waals surface area (Å²) in [5.41, 5.74) is 0.739. The van der Waals surface area contributed by atoms with E-state index in [0.29, 0.717) is 36.7 Å². The van der Waals surface area contributed by atoms with Gasteiger partial charge < -0.3 is 15.5 Å². The van der Waals surface area contributed by atoms with Crippen LogP contribution in [0.25, 0.3) is 0 Å². The minimum Gasteiger partial charge on any atom is -0.326 e. The Bertz CT molecular complexity index is 614. The van der Waals surface area contributed by atoms with Gasteiger partial charge in [-0.15, -0.1) is 0 Å². The van der Waals surface area contributed by atoms with E-state index in [0.717, 1.165) is 38.8 Å². The van der Waals surface area contributed by atoms with Crippen LogP contribution in [0.5, 0.6) is 0 Å². The molecular weight excluding hydrogens is 309 g/mol. The van der Waals surface area contributed by atoms with E-state index in [4.69, 9.17) is 0 Å². The lowest BCUT2D eigenvalue weighted by Crippen LogP contribution is -2.28. The molecule has 1 aromatic carbocycles. The van der Waals surface area contributed by atoms with Gasteiger partial charge in [-0.25, -0.2) is 4.39 Å². The topological polar surface area (TPSA) is 61.4 Å². The second kappa shape index (κ2) is 7.75. The van der Waals surface area contributed by atoms with Crippen molar-refractivity contribution in [1.29, 1.82) is 0 Å². The molecule has 2 heterocycles. The van der Waals surface area contributed by atoms with Crippen LogP contribution in [0.15, 0.2) is 18.2 Å². The average molecular weight is 333 g/mol. The predicted octanol–water partition coefficient (Wildman–Crippen LogP) is 2.67. The minimum atomic E-state index is -0.471. The zero-order chi connectivity index (χ0) is 16.9. The number of carbonyl (C=O) groups is 2. The summed E-state index contributed by atoms with van der Waals surface area (Å²) in [6.07, 6.45) is 4.78. The molecule has 3 rings (SSSR count). The molecule has 6 heteroatoms. The third-order valence-electron chi connectivity index (χ3n) is 4.83. The number of halogens is 1. The van der Waals surface area contributed by atoms with Crippen molar-refractivity contribution in [3.8, 4) is 0 Å². The SMILES string of the molecule is O=C(CCC1CCNCC1)Nc1ccc(N2CCCC2=O)c(F)c1. The third kappa shape index (κ3) is 4.12. The fourth-order valence-corrected chi connectivity index (χ4v) is 3.44. The van der Waals surface area contributed by atoms with E-state index in [9.17, 15) is 14.0 Å². The van der Waals surface area contributed by atoms with Gasteiger partial charge in [0.25, 0.3) is 0 Å². The van der Waals surface area contributed by atoms with Crippen LogP contribution < -0.4 is 15.5 Å². The molecule has 0 radical (unpaired) electrons. The summed E-state index contributed by atoms with van der Waals surface area (Å²) >= 11 is 0. The van der Waals surface area contributed by atoms with Gasteiger partial charge in [-0.05, 0) is 62.9 Å². The predicted molar refractivity (Wildman–Crippen MR) is 91.4 cm³/mol. The number of amides is 2. The van der Waals surface area contributed by atoms with Gasteiger partial charge in [0.2, 0.25) is 11.8 Å². The van der Waals surface area contributed by atoms with Crippen LogP contribution in [-0.4, -0.2) is 31.4 Å². The molecule has 2 fully saturated rings. The molecule has 2 N–H and O–H groups in total. The molecule has 2 amide bonds. The third-order valence-corrected chi connectivity index (χ3v) is 4.83. The molecule has 24 heavy (non-hydrogen) atoms. The lowest BCUT2D eigenvalue weighted by molar-refractivity contribution is -0.117. The Kier molecular flexibility index (Phi) is 5.45. The van der Waals surface area contributed by atoms with E-state index >= 15 is 0 Å². The summed E-state index contributed by atoms with van der Waals surface area (Å²) in [5, 5.41) is 6.06. The van der Waals surface area contributed by atoms with Crippen LogP contribution in [-0.2, 0) is 9.59 Å². The van der Waals surface area contributed by atoms with Crippen LogP contribution in [0.3, 0.4) is 0 Å². The number of carbonyl (C=O) groups excluding carboxylic acids is 2. The van der Waals surface area contributed by atoms with Gasteiger partial charge in [-0.3, -0.25) is 9.59 Å². The second-order valence-electron chi connectivity index (χ2n) is 6.60. The van der Waals surface area contributed by atoms with E-state index < -0.39 is 5.82 Å². The van der Waals surface area contributed by atoms with E-state index in [-0.39, 0.29) is 11.8 Å². The number of hydrogen-bond acceptors (Lipinski definition) is 3. The number of anilines is 2. The number of rotatable bonds is 5. The molecule has 0 unspecified atom stereocenters. The van der Waals surface area contributed by atoms with E-state index in [1.165, 1.54) is 11.0 Å². The van der Waals surface area contributed by atoms with Crippen LogP contribution in [0, 0.1) is 11.7 Å². The van der Waals surface area contributed by atoms with Gasteiger partial charge in [-0.2, -0.15) is 0 Å². The van der Waals surface area contributed by atoms with Crippen LogP contribution in [0.2, 0.25) is 0 Å². The van der Waals surface area contributed by atoms with Crippen molar-refractivity contribution in [2.24, 2.45) is 5.92 Å². The first kappa shape index (κ1) is 16.9. The lowest BCUT2D eigenvalue weighted by atomic mass is 9.93. The molecule has 130 valence electrons. The smallest absolute Gasteiger partial charge is 0.227 e. The summed E-state index contributed by atoms with van der Waals surface area (Å²) < 4.78 is 14.3. The molecule has 0 bridgehead atoms. The molecule has 2 aliphatic heterocycles. The molecule has 2 aliphatic rings. The molecule has 5 nitrogen and oxygen atoms in total. The van der Waals surface area contributed by atoms with E-state index in [1.54, 1.807) is 12.1 Å². The maximum Gasteiger partial charge on any atom is 0.227 e. The summed E-state index contributed by atoms with van der Waals surface area (Å²) in [7, 11) is 0. The highest BCUT2D eigenvalue weighted by Gasteiger charge is 2.24. The molecule has 0 aromatic heterocycles. The number of benzene rings is 1. The van der Waals surface area contributed by atoms with Crippen molar-refractivity contribution in [3.63, 3.8) is 0 Å². The maximum absolute atomic E-state index is 14.3. The van der Waals surface area contributed by atoms with Gasteiger partial charge in [0, 0.05) is 25.1 Å². The Balaban J connectivity index is 1.54. The Labute approximate surface area is 141 Å². The highest BCUT2D eigenvalue weighted by molar-refractivity contribution is 5.96. The second-order valence-corrected chi connectivity index (χ2v) is 6.60. The highest BCUT2D eigenvalue weighted by Crippen LogP contribution is 2.27. The molecule has 0 aliphatic carbocycles. The van der Waals surface area contributed by atoms with Gasteiger partial charge in [-0.1, -0.05) is 0 Å². The molecule has 1 aromatic rings. The fourth-order valence-electron chi connectivity index (χ4n) is 3.44. The number of piperidine rings is 1. The van der Waals surface area contributed by atoms with E-state index in [2.05, 4.69) is 10.6 Å². The van der Waals surface area contributed by atoms with Crippen molar-refractivity contribution < 1.29 is 14.0 Å². The van der Waals surface area contributed by atoms with Gasteiger partial charge in [0.15, 0.2) is 0 Å². The van der Waals surface area contributed by atoms with E-state index in [1.807, 2.05) is 0 Å². The Morgan fingerprint density at radius 2 is 2.12 bits per heavy atom. The summed E-state index contributed by atoms with van der Waals surface area (Å²) in [6, 6.07) is 4.52. The standard InChI is InChI=1S/C18H24FN3O2/c19-15-12-14(4-5-16(15)22-11-1-2-18(22)24)21-17(23)6-3-13-7-9-20-10-8-13/h4-5,12-13,20H,1-3,6-11H2,(H,21,23). The highest BCUT2D eigenvalue weighted by atomic mass is 19.1. The molecule has 0 atom stereocenters. The lowest BCUT2D eigenvalue weighted by Gasteiger charge is -2.22. The Morgan fingerprint density at radius 3 is 2.79 bits per heavy atom. The van der Waals surface area contributed by atoms with Crippen LogP contribution in [0.4, 0.5) is 15.8 Å². The van der Waals surface area contributed by atoms with Crippen LogP contribution in [0.1, 0.15) is 38.5 Å². The zero-order valence-corrected chi connectivity index (χ0v) is 13.8. The molecular formula is C18H24FN3O2. The van der Waals surface area contributed by atoms with Gasteiger partial charge in [0.1, 0.15) is 5.82 Å². The Morgan fingerprint density at radius 1 is 1.33 bits per heavy atom. The van der Waals surface area contributed by atoms with Crippen LogP contribution >= 0.6 is 0 Å². The van der Waals surface area contributed by atoms with Crippen molar-refractivity contribution in [2.75, 3.05) is 29.9 Å². The number of hydrogen-bond donors (Lipinski definition) is 2. The summed E-state index contributed by atoms with van der Waals surface area (Å²) in [6.45, 7) is 2.60. The largest absolute Gasteiger partial charge is 0.326 e. The van der Waals surface area contributed by atoms with Crippen molar-refractivity contribution in [1.82, 2.24) is 5.32 Å². The zero-order valence-electron chi connectivity index (χ0n) is 13.8. The number of nitrogens with one attached hydrogen (secondary N) is 2. The normalized spacial score (nSPS) is 18.9. The quantitative estimate of drug-likeness (QED) is 0.871. The van der Waals surface area contributed by atoms with Gasteiger partial charge in [0.05, 0.1) is 5.69 Å². The first-order chi connectivity index (χ1) is 11.6. The maximum atomic E-state index is 14.3. The first-order valence-electron chi connectivity index (χ1n) is 8.74. The van der Waals surface area contributed by atoms with Crippen molar-refractivity contribution in [3.05, 3.63) is 24.0 Å². The molecule has 2 saturated heterocycles. The summed E-state index contributed by atoms with van der Waals surface area (Å²) in [4.78, 5) is 25.2. The van der Waals surface area contributed by atoms with Gasteiger partial charge >= 0.3 is 0 Å². The summed E-state index contributed by atoms with van der Waals surface area (Å²) in [5.74, 6) is -0.00992.